The van der Waals surface area contributed by atoms with Gasteiger partial charge >= 0.3 is 0 Å². The van der Waals surface area contributed by atoms with Crippen LogP contribution >= 0.6 is 24.0 Å². The van der Waals surface area contributed by atoms with E-state index in [9.17, 15) is 14.9 Å². The molecule has 13 heteroatoms. The number of nitro benzene ring substituents is 1. The molecule has 5 rings (SSSR count). The van der Waals surface area contributed by atoms with Crippen LogP contribution in [-0.4, -0.2) is 80.3 Å². The number of nitro groups is 1. The molecule has 2 aliphatic heterocycles. The highest BCUT2D eigenvalue weighted by Crippen LogP contribution is 2.35. The maximum atomic E-state index is 12.9. The minimum Gasteiger partial charge on any atom is -0.304 e. The standard InChI is InChI=1S/C24H26N8O3S2/c1-27-10-12-28(13-11-27)17-30-24(36)31(25-14-18-6-8-19(9-7-18)32(34)35)22(26-30)15-29-20-4-2-3-5-21(20)37-16-23(29)33/h2-9,14H,10-13,15-17H2,1H3/b25-14+. The van der Waals surface area contributed by atoms with Crippen molar-refractivity contribution in [3.05, 3.63) is 74.8 Å². The van der Waals surface area contributed by atoms with Gasteiger partial charge in [-0.15, -0.1) is 11.8 Å². The van der Waals surface area contributed by atoms with Crippen LogP contribution in [-0.2, 0) is 18.0 Å². The van der Waals surface area contributed by atoms with Gasteiger partial charge in [0.2, 0.25) is 10.7 Å². The number of thioether (sulfide) groups is 1. The van der Waals surface area contributed by atoms with Gasteiger partial charge in [-0.2, -0.15) is 14.9 Å². The molecule has 3 heterocycles. The largest absolute Gasteiger partial charge is 0.304 e. The molecular formula is C24H26N8O3S2. The summed E-state index contributed by atoms with van der Waals surface area (Å²) in [6.07, 6.45) is 1.59. The van der Waals surface area contributed by atoms with Crippen LogP contribution in [0.4, 0.5) is 11.4 Å². The average Bonchev–Trinajstić information content (AvgIpc) is 3.19. The summed E-state index contributed by atoms with van der Waals surface area (Å²) in [6.45, 7) is 4.49. The van der Waals surface area contributed by atoms with Crippen molar-refractivity contribution in [3.8, 4) is 0 Å². The number of piperazine rings is 1. The molecule has 0 N–H and O–H groups in total. The Bertz CT molecular complexity index is 1390. The lowest BCUT2D eigenvalue weighted by Gasteiger charge is -2.31. The molecule has 0 aliphatic carbocycles. The van der Waals surface area contributed by atoms with E-state index in [1.54, 1.807) is 32.6 Å². The number of nitrogens with zero attached hydrogens (tertiary/aromatic N) is 8. The number of benzene rings is 2. The Hall–Kier alpha value is -3.39. The number of non-ortho nitro benzene ring substituents is 1. The molecule has 0 radical (unpaired) electrons. The van der Waals surface area contributed by atoms with Crippen molar-refractivity contribution in [1.29, 1.82) is 0 Å². The molecule has 2 aromatic carbocycles. The number of carbonyl (C=O) groups excluding carboxylic acids is 1. The summed E-state index contributed by atoms with van der Waals surface area (Å²) in [5.41, 5.74) is 1.53. The third-order valence-corrected chi connectivity index (χ3v) is 7.78. The molecule has 1 saturated heterocycles. The number of likely N-dealkylation sites (N-methyl/N-ethyl adjacent to an activating group) is 1. The number of aromatic nitrogens is 3. The molecule has 2 aliphatic rings. The van der Waals surface area contributed by atoms with Gasteiger partial charge in [0, 0.05) is 43.2 Å². The second kappa shape index (κ2) is 10.9. The smallest absolute Gasteiger partial charge is 0.269 e. The predicted molar refractivity (Wildman–Crippen MR) is 145 cm³/mol. The van der Waals surface area contributed by atoms with Crippen LogP contribution in [0.15, 0.2) is 58.5 Å². The molecule has 37 heavy (non-hydrogen) atoms. The van der Waals surface area contributed by atoms with Crippen molar-refractivity contribution in [2.24, 2.45) is 5.10 Å². The molecule has 0 spiro atoms. The van der Waals surface area contributed by atoms with Crippen molar-refractivity contribution in [2.45, 2.75) is 18.1 Å². The van der Waals surface area contributed by atoms with Gasteiger partial charge in [0.15, 0.2) is 5.82 Å². The zero-order valence-corrected chi connectivity index (χ0v) is 21.9. The van der Waals surface area contributed by atoms with Crippen LogP contribution in [0, 0.1) is 14.9 Å². The van der Waals surface area contributed by atoms with Gasteiger partial charge in [-0.3, -0.25) is 19.8 Å². The zero-order valence-electron chi connectivity index (χ0n) is 20.3. The maximum absolute atomic E-state index is 12.9. The fraction of sp³-hybridized carbons (Fsp3) is 0.333. The van der Waals surface area contributed by atoms with Crippen molar-refractivity contribution in [1.82, 2.24) is 24.3 Å². The second-order valence-corrected chi connectivity index (χ2v) is 10.3. The lowest BCUT2D eigenvalue weighted by atomic mass is 10.2. The van der Waals surface area contributed by atoms with E-state index in [2.05, 4.69) is 21.9 Å². The van der Waals surface area contributed by atoms with Crippen molar-refractivity contribution in [2.75, 3.05) is 43.9 Å². The summed E-state index contributed by atoms with van der Waals surface area (Å²) in [5, 5.41) is 20.3. The third-order valence-electron chi connectivity index (χ3n) is 6.35. The number of hydrogen-bond donors (Lipinski definition) is 0. The first-order valence-electron chi connectivity index (χ1n) is 11.8. The van der Waals surface area contributed by atoms with Crippen molar-refractivity contribution >= 4 is 47.5 Å². The third kappa shape index (κ3) is 5.64. The highest BCUT2D eigenvalue weighted by atomic mass is 32.2. The van der Waals surface area contributed by atoms with E-state index in [1.165, 1.54) is 23.9 Å². The zero-order chi connectivity index (χ0) is 25.9. The van der Waals surface area contributed by atoms with Gasteiger partial charge in [0.05, 0.1) is 35.8 Å². The Balaban J connectivity index is 1.47. The number of carbonyl (C=O) groups is 1. The summed E-state index contributed by atoms with van der Waals surface area (Å²) in [4.78, 5) is 30.8. The SMILES string of the molecule is CN1CCN(Cn2nc(CN3C(=O)CSc4ccccc43)n(/N=C/c3ccc([N+](=O)[O-])cc3)c2=S)CC1. The summed E-state index contributed by atoms with van der Waals surface area (Å²) in [6, 6.07) is 13.9. The lowest BCUT2D eigenvalue weighted by Crippen LogP contribution is -2.45. The topological polar surface area (TPSA) is 105 Å². The number of rotatable bonds is 7. The summed E-state index contributed by atoms with van der Waals surface area (Å²) in [5.74, 6) is 0.882. The van der Waals surface area contributed by atoms with Crippen molar-refractivity contribution < 1.29 is 9.72 Å². The number of anilines is 1. The van der Waals surface area contributed by atoms with Crippen LogP contribution in [0.3, 0.4) is 0 Å². The first-order chi connectivity index (χ1) is 17.9. The van der Waals surface area contributed by atoms with E-state index in [0.717, 1.165) is 36.8 Å². The summed E-state index contributed by atoms with van der Waals surface area (Å²) in [7, 11) is 2.11. The molecule has 192 valence electrons. The van der Waals surface area contributed by atoms with E-state index in [0.29, 0.717) is 28.6 Å². The van der Waals surface area contributed by atoms with Crippen LogP contribution in [0.1, 0.15) is 11.4 Å². The van der Waals surface area contributed by atoms with Crippen molar-refractivity contribution in [3.63, 3.8) is 0 Å². The van der Waals surface area contributed by atoms with E-state index >= 15 is 0 Å². The molecule has 11 nitrogen and oxygen atoms in total. The van der Waals surface area contributed by atoms with Gasteiger partial charge in [-0.25, -0.2) is 4.68 Å². The van der Waals surface area contributed by atoms with Gasteiger partial charge in [-0.05, 0) is 49.1 Å². The van der Waals surface area contributed by atoms with Crippen LogP contribution in [0.5, 0.6) is 0 Å². The summed E-state index contributed by atoms with van der Waals surface area (Å²) >= 11 is 7.29. The molecule has 1 fully saturated rings. The van der Waals surface area contributed by atoms with Gasteiger partial charge in [0.25, 0.3) is 5.69 Å². The molecule has 0 bridgehead atoms. The fourth-order valence-electron chi connectivity index (χ4n) is 4.20. The summed E-state index contributed by atoms with van der Waals surface area (Å²) < 4.78 is 3.74. The van der Waals surface area contributed by atoms with E-state index in [-0.39, 0.29) is 18.1 Å². The molecule has 0 atom stereocenters. The Morgan fingerprint density at radius 2 is 1.86 bits per heavy atom. The number of para-hydroxylation sites is 1. The fourth-order valence-corrected chi connectivity index (χ4v) is 5.39. The quantitative estimate of drug-likeness (QED) is 0.196. The van der Waals surface area contributed by atoms with Gasteiger partial charge in [0.1, 0.15) is 0 Å². The minimum atomic E-state index is -0.441. The molecule has 0 unspecified atom stereocenters. The second-order valence-electron chi connectivity index (χ2n) is 8.90. The normalized spacial score (nSPS) is 16.9. The highest BCUT2D eigenvalue weighted by Gasteiger charge is 2.27. The number of amides is 1. The lowest BCUT2D eigenvalue weighted by molar-refractivity contribution is -0.384. The first-order valence-corrected chi connectivity index (χ1v) is 13.2. The van der Waals surface area contributed by atoms with Gasteiger partial charge < -0.3 is 9.80 Å². The molecule has 0 saturated carbocycles. The van der Waals surface area contributed by atoms with E-state index < -0.39 is 4.92 Å². The molecule has 1 aromatic heterocycles. The Kier molecular flexibility index (Phi) is 7.46. The van der Waals surface area contributed by atoms with Gasteiger partial charge in [-0.1, -0.05) is 12.1 Å². The monoisotopic (exact) mass is 538 g/mol. The average molecular weight is 539 g/mol. The molecule has 3 aromatic rings. The molecule has 1 amide bonds. The predicted octanol–water partition coefficient (Wildman–Crippen LogP) is 3.05. The van der Waals surface area contributed by atoms with E-state index in [4.69, 9.17) is 17.3 Å². The number of hydrogen-bond acceptors (Lipinski definition) is 9. The van der Waals surface area contributed by atoms with Crippen LogP contribution in [0.25, 0.3) is 0 Å². The number of fused-ring (bicyclic) bond motifs is 1. The van der Waals surface area contributed by atoms with Crippen LogP contribution < -0.4 is 4.90 Å². The van der Waals surface area contributed by atoms with E-state index in [1.807, 2.05) is 24.3 Å². The molecular weight excluding hydrogens is 512 g/mol. The Morgan fingerprint density at radius 3 is 2.59 bits per heavy atom. The van der Waals surface area contributed by atoms with Crippen LogP contribution in [0.2, 0.25) is 0 Å². The maximum Gasteiger partial charge on any atom is 0.269 e. The highest BCUT2D eigenvalue weighted by molar-refractivity contribution is 8.00. The Labute approximate surface area is 223 Å². The minimum absolute atomic E-state index is 0.00543. The Morgan fingerprint density at radius 1 is 1.14 bits per heavy atom. The first kappa shape index (κ1) is 25.3.